The monoisotopic (exact) mass is 433 g/mol. The molecule has 8 nitrogen and oxygen atoms in total. The average molecular weight is 434 g/mol. The van der Waals surface area contributed by atoms with Gasteiger partial charge in [0.25, 0.3) is 11.8 Å². The number of nitrogens with one attached hydrogen (secondary N) is 1. The number of amides is 2. The SMILES string of the molecule is CC(C)n1cnnc1C1CCCN(C(=O)/C(=C/c2ccco2)NC(=O)c2ccccc2)C1. The van der Waals surface area contributed by atoms with Crippen LogP contribution in [0.25, 0.3) is 6.08 Å². The molecule has 2 aromatic heterocycles. The summed E-state index contributed by atoms with van der Waals surface area (Å²) < 4.78 is 7.44. The van der Waals surface area contributed by atoms with Crippen molar-refractivity contribution in [1.82, 2.24) is 25.0 Å². The number of aromatic nitrogens is 3. The van der Waals surface area contributed by atoms with Gasteiger partial charge in [0.2, 0.25) is 0 Å². The Morgan fingerprint density at radius 2 is 2.00 bits per heavy atom. The molecule has 1 fully saturated rings. The second-order valence-electron chi connectivity index (χ2n) is 8.17. The van der Waals surface area contributed by atoms with Gasteiger partial charge in [0, 0.05) is 36.7 Å². The first-order chi connectivity index (χ1) is 15.5. The molecule has 1 saturated heterocycles. The van der Waals surface area contributed by atoms with Crippen LogP contribution in [0.3, 0.4) is 0 Å². The van der Waals surface area contributed by atoms with Crippen molar-refractivity contribution in [3.8, 4) is 0 Å². The smallest absolute Gasteiger partial charge is 0.270 e. The van der Waals surface area contributed by atoms with Crippen molar-refractivity contribution >= 4 is 17.9 Å². The van der Waals surface area contributed by atoms with Crippen LogP contribution >= 0.6 is 0 Å². The fourth-order valence-corrected chi connectivity index (χ4v) is 3.94. The van der Waals surface area contributed by atoms with Crippen molar-refractivity contribution in [2.75, 3.05) is 13.1 Å². The zero-order valence-electron chi connectivity index (χ0n) is 18.3. The maximum atomic E-state index is 13.5. The third-order valence-electron chi connectivity index (χ3n) is 5.58. The minimum atomic E-state index is -0.343. The minimum Gasteiger partial charge on any atom is -0.465 e. The summed E-state index contributed by atoms with van der Waals surface area (Å²) in [4.78, 5) is 28.0. The molecule has 8 heteroatoms. The summed E-state index contributed by atoms with van der Waals surface area (Å²) in [5.41, 5.74) is 0.659. The number of furan rings is 1. The number of carbonyl (C=O) groups excluding carboxylic acids is 2. The van der Waals surface area contributed by atoms with E-state index in [1.54, 1.807) is 53.7 Å². The summed E-state index contributed by atoms with van der Waals surface area (Å²) >= 11 is 0. The van der Waals surface area contributed by atoms with E-state index in [-0.39, 0.29) is 29.5 Å². The fraction of sp³-hybridized carbons (Fsp3) is 0.333. The van der Waals surface area contributed by atoms with E-state index >= 15 is 0 Å². The quantitative estimate of drug-likeness (QED) is 0.599. The highest BCUT2D eigenvalue weighted by Gasteiger charge is 2.30. The van der Waals surface area contributed by atoms with Gasteiger partial charge in [-0.05, 0) is 51.0 Å². The molecule has 0 bridgehead atoms. The highest BCUT2D eigenvalue weighted by atomic mass is 16.3. The lowest BCUT2D eigenvalue weighted by Gasteiger charge is -2.33. The first-order valence-electron chi connectivity index (χ1n) is 10.8. The van der Waals surface area contributed by atoms with E-state index < -0.39 is 0 Å². The van der Waals surface area contributed by atoms with Gasteiger partial charge in [-0.25, -0.2) is 0 Å². The van der Waals surface area contributed by atoms with Crippen molar-refractivity contribution in [2.45, 2.75) is 38.6 Å². The van der Waals surface area contributed by atoms with Crippen molar-refractivity contribution in [1.29, 1.82) is 0 Å². The summed E-state index contributed by atoms with van der Waals surface area (Å²) in [5, 5.41) is 11.2. The predicted molar refractivity (Wildman–Crippen MR) is 120 cm³/mol. The number of carbonyl (C=O) groups is 2. The molecule has 32 heavy (non-hydrogen) atoms. The second kappa shape index (κ2) is 9.64. The van der Waals surface area contributed by atoms with Gasteiger partial charge in [-0.1, -0.05) is 18.2 Å². The Kier molecular flexibility index (Phi) is 6.49. The molecule has 3 aromatic rings. The maximum absolute atomic E-state index is 13.5. The van der Waals surface area contributed by atoms with Crippen molar-refractivity contribution in [2.24, 2.45) is 0 Å². The second-order valence-corrected chi connectivity index (χ2v) is 8.17. The van der Waals surface area contributed by atoms with Crippen LogP contribution in [0.5, 0.6) is 0 Å². The predicted octanol–water partition coefficient (Wildman–Crippen LogP) is 3.63. The lowest BCUT2D eigenvalue weighted by molar-refractivity contribution is -0.128. The molecular weight excluding hydrogens is 406 g/mol. The van der Waals surface area contributed by atoms with Crippen LogP contribution in [0.15, 0.2) is 65.2 Å². The van der Waals surface area contributed by atoms with E-state index in [0.29, 0.717) is 24.4 Å². The van der Waals surface area contributed by atoms with Gasteiger partial charge < -0.3 is 19.2 Å². The molecule has 0 aliphatic carbocycles. The standard InChI is InChI=1S/C24H27N5O3/c1-17(2)29-16-25-27-22(29)19-10-6-12-28(15-19)24(31)21(14-20-11-7-13-32-20)26-23(30)18-8-4-3-5-9-18/h3-5,7-9,11,13-14,16-17,19H,6,10,12,15H2,1-2H3,(H,26,30)/b21-14-. The largest absolute Gasteiger partial charge is 0.465 e. The first kappa shape index (κ1) is 21.5. The summed E-state index contributed by atoms with van der Waals surface area (Å²) in [7, 11) is 0. The Morgan fingerprint density at radius 3 is 2.72 bits per heavy atom. The molecule has 166 valence electrons. The van der Waals surface area contributed by atoms with Gasteiger partial charge in [-0.3, -0.25) is 9.59 Å². The molecule has 1 unspecified atom stereocenters. The van der Waals surface area contributed by atoms with Gasteiger partial charge in [-0.2, -0.15) is 0 Å². The summed E-state index contributed by atoms with van der Waals surface area (Å²) in [6.07, 6.45) is 6.62. The molecule has 1 atom stereocenters. The fourth-order valence-electron chi connectivity index (χ4n) is 3.94. The zero-order chi connectivity index (χ0) is 22.5. The van der Waals surface area contributed by atoms with E-state index in [1.807, 2.05) is 6.07 Å². The molecule has 0 spiro atoms. The topological polar surface area (TPSA) is 93.3 Å². The molecule has 1 aliphatic heterocycles. The van der Waals surface area contributed by atoms with Crippen LogP contribution in [0.1, 0.15) is 60.6 Å². The van der Waals surface area contributed by atoms with Crippen LogP contribution in [0, 0.1) is 0 Å². The lowest BCUT2D eigenvalue weighted by atomic mass is 9.96. The van der Waals surface area contributed by atoms with Crippen LogP contribution in [-0.4, -0.2) is 44.6 Å². The molecule has 1 aliphatic rings. The van der Waals surface area contributed by atoms with Crippen LogP contribution in [-0.2, 0) is 4.79 Å². The third-order valence-corrected chi connectivity index (χ3v) is 5.58. The first-order valence-corrected chi connectivity index (χ1v) is 10.8. The van der Waals surface area contributed by atoms with Crippen molar-refractivity contribution in [3.63, 3.8) is 0 Å². The minimum absolute atomic E-state index is 0.0901. The number of hydrogen-bond donors (Lipinski definition) is 1. The molecule has 0 saturated carbocycles. The normalized spacial score (nSPS) is 16.9. The molecule has 1 aromatic carbocycles. The summed E-state index contributed by atoms with van der Waals surface area (Å²) in [6, 6.07) is 12.5. The zero-order valence-corrected chi connectivity index (χ0v) is 18.3. The summed E-state index contributed by atoms with van der Waals surface area (Å²) in [6.45, 7) is 5.30. The number of benzene rings is 1. The Labute approximate surface area is 186 Å². The molecule has 3 heterocycles. The lowest BCUT2D eigenvalue weighted by Crippen LogP contribution is -2.43. The molecular formula is C24H27N5O3. The number of nitrogens with zero attached hydrogens (tertiary/aromatic N) is 4. The average Bonchev–Trinajstić information content (AvgIpc) is 3.51. The van der Waals surface area contributed by atoms with Crippen LogP contribution in [0.2, 0.25) is 0 Å². The van der Waals surface area contributed by atoms with Crippen molar-refractivity contribution in [3.05, 3.63) is 77.9 Å². The number of rotatable bonds is 6. The van der Waals surface area contributed by atoms with Crippen LogP contribution in [0.4, 0.5) is 0 Å². The van der Waals surface area contributed by atoms with Gasteiger partial charge in [0.1, 0.15) is 23.6 Å². The van der Waals surface area contributed by atoms with E-state index in [9.17, 15) is 9.59 Å². The van der Waals surface area contributed by atoms with Crippen LogP contribution < -0.4 is 5.32 Å². The van der Waals surface area contributed by atoms with Crippen molar-refractivity contribution < 1.29 is 14.0 Å². The number of piperidine rings is 1. The molecule has 4 rings (SSSR count). The number of likely N-dealkylation sites (tertiary alicyclic amines) is 1. The number of hydrogen-bond acceptors (Lipinski definition) is 5. The van der Waals surface area contributed by atoms with Gasteiger partial charge in [0.05, 0.1) is 6.26 Å². The molecule has 0 radical (unpaired) electrons. The summed E-state index contributed by atoms with van der Waals surface area (Å²) in [5.74, 6) is 0.889. The van der Waals surface area contributed by atoms with E-state index in [2.05, 4.69) is 33.9 Å². The highest BCUT2D eigenvalue weighted by molar-refractivity contribution is 6.05. The Morgan fingerprint density at radius 1 is 1.19 bits per heavy atom. The van der Waals surface area contributed by atoms with Gasteiger partial charge in [-0.15, -0.1) is 10.2 Å². The van der Waals surface area contributed by atoms with Gasteiger partial charge in [0.15, 0.2) is 0 Å². The Bertz CT molecular complexity index is 1090. The Balaban J connectivity index is 1.56. The Hall–Kier alpha value is -3.68. The third kappa shape index (κ3) is 4.80. The maximum Gasteiger partial charge on any atom is 0.270 e. The van der Waals surface area contributed by atoms with E-state index in [1.165, 1.54) is 6.26 Å². The van der Waals surface area contributed by atoms with E-state index in [4.69, 9.17) is 4.42 Å². The van der Waals surface area contributed by atoms with E-state index in [0.717, 1.165) is 18.7 Å². The van der Waals surface area contributed by atoms with Gasteiger partial charge >= 0.3 is 0 Å². The molecule has 2 amide bonds. The molecule has 1 N–H and O–H groups in total. The highest BCUT2D eigenvalue weighted by Crippen LogP contribution is 2.28.